The maximum atomic E-state index is 12.2. The second-order valence-corrected chi connectivity index (χ2v) is 4.98. The van der Waals surface area contributed by atoms with Gasteiger partial charge in [-0.05, 0) is 18.2 Å². The van der Waals surface area contributed by atoms with Crippen LogP contribution in [0.25, 0.3) is 0 Å². The fourth-order valence-corrected chi connectivity index (χ4v) is 1.86. The van der Waals surface area contributed by atoms with Crippen LogP contribution in [0.3, 0.4) is 0 Å². The van der Waals surface area contributed by atoms with Crippen LogP contribution in [-0.2, 0) is 0 Å². The number of rotatable bonds is 3. The van der Waals surface area contributed by atoms with E-state index in [4.69, 9.17) is 23.2 Å². The third-order valence-electron chi connectivity index (χ3n) is 2.52. The van der Waals surface area contributed by atoms with Crippen molar-refractivity contribution in [3.63, 3.8) is 0 Å². The van der Waals surface area contributed by atoms with Crippen LogP contribution in [-0.4, -0.2) is 30.0 Å². The van der Waals surface area contributed by atoms with Gasteiger partial charge in [-0.15, -0.1) is 0 Å². The van der Waals surface area contributed by atoms with Crippen molar-refractivity contribution >= 4 is 40.6 Å². The SMILES string of the molecule is CN(C)c1ncccc1NC(=O)c1cnc(Cl)c(Cl)c1. The normalized spacial score (nSPS) is 10.2. The molecule has 0 atom stereocenters. The molecule has 2 heterocycles. The van der Waals surface area contributed by atoms with Crippen molar-refractivity contribution in [2.45, 2.75) is 0 Å². The molecule has 0 radical (unpaired) electrons. The highest BCUT2D eigenvalue weighted by Gasteiger charge is 2.12. The first-order valence-corrected chi connectivity index (χ1v) is 6.49. The highest BCUT2D eigenvalue weighted by Crippen LogP contribution is 2.23. The molecule has 5 nitrogen and oxygen atoms in total. The lowest BCUT2D eigenvalue weighted by molar-refractivity contribution is 0.102. The summed E-state index contributed by atoms with van der Waals surface area (Å²) in [4.78, 5) is 22.0. The number of nitrogens with zero attached hydrogens (tertiary/aromatic N) is 3. The summed E-state index contributed by atoms with van der Waals surface area (Å²) in [5.41, 5.74) is 0.932. The molecule has 2 rings (SSSR count). The average molecular weight is 311 g/mol. The lowest BCUT2D eigenvalue weighted by atomic mass is 10.2. The Morgan fingerprint density at radius 3 is 2.70 bits per heavy atom. The molecule has 0 aliphatic rings. The largest absolute Gasteiger partial charge is 0.361 e. The molecular formula is C13H12Cl2N4O. The first-order chi connectivity index (χ1) is 9.49. The minimum Gasteiger partial charge on any atom is -0.361 e. The summed E-state index contributed by atoms with van der Waals surface area (Å²) in [7, 11) is 3.69. The van der Waals surface area contributed by atoms with Gasteiger partial charge in [-0.3, -0.25) is 4.79 Å². The van der Waals surface area contributed by atoms with Crippen molar-refractivity contribution in [3.8, 4) is 0 Å². The van der Waals surface area contributed by atoms with Gasteiger partial charge in [0.25, 0.3) is 5.91 Å². The van der Waals surface area contributed by atoms with Crippen LogP contribution in [0.1, 0.15) is 10.4 Å². The molecule has 2 aromatic rings. The quantitative estimate of drug-likeness (QED) is 0.885. The van der Waals surface area contributed by atoms with E-state index in [9.17, 15) is 4.79 Å². The van der Waals surface area contributed by atoms with E-state index >= 15 is 0 Å². The number of anilines is 2. The minimum atomic E-state index is -0.327. The summed E-state index contributed by atoms with van der Waals surface area (Å²) >= 11 is 11.6. The van der Waals surface area contributed by atoms with Crippen molar-refractivity contribution in [1.29, 1.82) is 0 Å². The van der Waals surface area contributed by atoms with E-state index in [2.05, 4.69) is 15.3 Å². The Balaban J connectivity index is 2.26. The number of nitrogens with one attached hydrogen (secondary N) is 1. The molecule has 0 aliphatic carbocycles. The highest BCUT2D eigenvalue weighted by atomic mass is 35.5. The highest BCUT2D eigenvalue weighted by molar-refractivity contribution is 6.41. The number of halogens is 2. The number of hydrogen-bond acceptors (Lipinski definition) is 4. The van der Waals surface area contributed by atoms with Crippen molar-refractivity contribution in [3.05, 3.63) is 46.3 Å². The average Bonchev–Trinajstić information content (AvgIpc) is 2.42. The van der Waals surface area contributed by atoms with Gasteiger partial charge < -0.3 is 10.2 Å². The molecule has 2 aromatic heterocycles. The molecule has 0 aliphatic heterocycles. The molecule has 1 N–H and O–H groups in total. The molecular weight excluding hydrogens is 299 g/mol. The smallest absolute Gasteiger partial charge is 0.257 e. The maximum absolute atomic E-state index is 12.2. The van der Waals surface area contributed by atoms with E-state index < -0.39 is 0 Å². The number of carbonyl (C=O) groups excluding carboxylic acids is 1. The molecule has 104 valence electrons. The summed E-state index contributed by atoms with van der Waals surface area (Å²) in [5.74, 6) is 0.334. The van der Waals surface area contributed by atoms with Crippen LogP contribution < -0.4 is 10.2 Å². The number of hydrogen-bond donors (Lipinski definition) is 1. The summed E-state index contributed by atoms with van der Waals surface area (Å²) < 4.78 is 0. The second-order valence-electron chi connectivity index (χ2n) is 4.22. The zero-order chi connectivity index (χ0) is 14.7. The van der Waals surface area contributed by atoms with Crippen LogP contribution in [0.15, 0.2) is 30.6 Å². The molecule has 0 spiro atoms. The molecule has 20 heavy (non-hydrogen) atoms. The summed E-state index contributed by atoms with van der Waals surface area (Å²) in [5, 5.41) is 3.17. The predicted molar refractivity (Wildman–Crippen MR) is 80.8 cm³/mol. The second kappa shape index (κ2) is 6.07. The number of amides is 1. The fourth-order valence-electron chi connectivity index (χ4n) is 1.59. The lowest BCUT2D eigenvalue weighted by Crippen LogP contribution is -2.17. The topological polar surface area (TPSA) is 58.1 Å². The van der Waals surface area contributed by atoms with Crippen molar-refractivity contribution in [2.24, 2.45) is 0 Å². The number of carbonyl (C=O) groups is 1. The lowest BCUT2D eigenvalue weighted by Gasteiger charge is -2.16. The number of aromatic nitrogens is 2. The van der Waals surface area contributed by atoms with E-state index in [1.807, 2.05) is 19.0 Å². The Morgan fingerprint density at radius 1 is 1.30 bits per heavy atom. The van der Waals surface area contributed by atoms with Gasteiger partial charge in [-0.1, -0.05) is 23.2 Å². The molecule has 0 fully saturated rings. The third-order valence-corrected chi connectivity index (χ3v) is 3.20. The Bertz CT molecular complexity index is 646. The summed E-state index contributed by atoms with van der Waals surface area (Å²) in [6.45, 7) is 0. The predicted octanol–water partition coefficient (Wildman–Crippen LogP) is 3.10. The van der Waals surface area contributed by atoms with E-state index in [0.717, 1.165) is 0 Å². The zero-order valence-corrected chi connectivity index (χ0v) is 12.4. The summed E-state index contributed by atoms with van der Waals surface area (Å²) in [6, 6.07) is 4.98. The van der Waals surface area contributed by atoms with Crippen LogP contribution >= 0.6 is 23.2 Å². The molecule has 0 bridgehead atoms. The van der Waals surface area contributed by atoms with Crippen molar-refractivity contribution < 1.29 is 4.79 Å². The van der Waals surface area contributed by atoms with Gasteiger partial charge in [0.15, 0.2) is 5.82 Å². The van der Waals surface area contributed by atoms with Crippen LogP contribution in [0.5, 0.6) is 0 Å². The van der Waals surface area contributed by atoms with E-state index in [1.54, 1.807) is 18.3 Å². The molecule has 1 amide bonds. The zero-order valence-electron chi connectivity index (χ0n) is 10.9. The molecule has 0 unspecified atom stereocenters. The van der Waals surface area contributed by atoms with Gasteiger partial charge in [0, 0.05) is 26.5 Å². The maximum Gasteiger partial charge on any atom is 0.257 e. The van der Waals surface area contributed by atoms with E-state index in [-0.39, 0.29) is 16.1 Å². The standard InChI is InChI=1S/C13H12Cl2N4O/c1-19(2)12-10(4-3-5-16-12)18-13(20)8-6-9(14)11(15)17-7-8/h3-7H,1-2H3,(H,18,20). The van der Waals surface area contributed by atoms with Gasteiger partial charge in [-0.25, -0.2) is 9.97 Å². The Hall–Kier alpha value is -1.85. The first kappa shape index (κ1) is 14.6. The van der Waals surface area contributed by atoms with Gasteiger partial charge in [-0.2, -0.15) is 0 Å². The summed E-state index contributed by atoms with van der Waals surface area (Å²) in [6.07, 6.45) is 3.03. The fraction of sp³-hybridized carbons (Fsp3) is 0.154. The van der Waals surface area contributed by atoms with Gasteiger partial charge in [0.1, 0.15) is 5.15 Å². The number of pyridine rings is 2. The van der Waals surface area contributed by atoms with E-state index in [1.165, 1.54) is 12.3 Å². The van der Waals surface area contributed by atoms with Crippen LogP contribution in [0.4, 0.5) is 11.5 Å². The third kappa shape index (κ3) is 3.18. The molecule has 0 saturated heterocycles. The monoisotopic (exact) mass is 310 g/mol. The van der Waals surface area contributed by atoms with Crippen molar-refractivity contribution in [2.75, 3.05) is 24.3 Å². The molecule has 0 saturated carbocycles. The molecule has 7 heteroatoms. The molecule has 0 aromatic carbocycles. The minimum absolute atomic E-state index is 0.165. The van der Waals surface area contributed by atoms with Gasteiger partial charge in [0.05, 0.1) is 16.3 Å². The Kier molecular flexibility index (Phi) is 4.42. The van der Waals surface area contributed by atoms with Gasteiger partial charge >= 0.3 is 0 Å². The Labute approximate surface area is 126 Å². The van der Waals surface area contributed by atoms with Gasteiger partial charge in [0.2, 0.25) is 0 Å². The Morgan fingerprint density at radius 2 is 2.05 bits per heavy atom. The van der Waals surface area contributed by atoms with E-state index in [0.29, 0.717) is 17.1 Å². The first-order valence-electron chi connectivity index (χ1n) is 5.74. The van der Waals surface area contributed by atoms with Crippen LogP contribution in [0, 0.1) is 0 Å². The van der Waals surface area contributed by atoms with Crippen LogP contribution in [0.2, 0.25) is 10.2 Å². The van der Waals surface area contributed by atoms with Crippen molar-refractivity contribution in [1.82, 2.24) is 9.97 Å².